The second-order valence-corrected chi connectivity index (χ2v) is 7.70. The summed E-state index contributed by atoms with van der Waals surface area (Å²) in [5.41, 5.74) is 3.35. The fourth-order valence-corrected chi connectivity index (χ4v) is 3.63. The lowest BCUT2D eigenvalue weighted by Gasteiger charge is -2.31. The van der Waals surface area contributed by atoms with Crippen LogP contribution in [0.2, 0.25) is 0 Å². The third kappa shape index (κ3) is 5.59. The van der Waals surface area contributed by atoms with Crippen molar-refractivity contribution in [2.75, 3.05) is 26.8 Å². The van der Waals surface area contributed by atoms with Crippen LogP contribution in [-0.4, -0.2) is 53.6 Å². The molecule has 2 heterocycles. The number of benzene rings is 1. The molecule has 150 valence electrons. The molecule has 1 fully saturated rings. The second-order valence-electron chi connectivity index (χ2n) is 7.70. The Bertz CT molecular complexity index is 770. The molecule has 28 heavy (non-hydrogen) atoms. The van der Waals surface area contributed by atoms with Crippen LogP contribution in [0.1, 0.15) is 30.9 Å². The van der Waals surface area contributed by atoms with Crippen molar-refractivity contribution in [2.24, 2.45) is 5.92 Å². The van der Waals surface area contributed by atoms with Gasteiger partial charge in [-0.2, -0.15) is 0 Å². The molecule has 0 bridgehead atoms. The van der Waals surface area contributed by atoms with Crippen molar-refractivity contribution in [3.8, 4) is 11.4 Å². The predicted octanol–water partition coefficient (Wildman–Crippen LogP) is 2.82. The SMILES string of the molecule is COC[C@@H](C)NC(=O)C1CCN(Cc2cnc(-c3cccc(C)c3)nc2)CC1. The van der Waals surface area contributed by atoms with Gasteiger partial charge in [0.1, 0.15) is 0 Å². The number of likely N-dealkylation sites (tertiary alicyclic amines) is 1. The van der Waals surface area contributed by atoms with Gasteiger partial charge in [0.05, 0.1) is 6.61 Å². The average molecular weight is 383 g/mol. The van der Waals surface area contributed by atoms with Crippen molar-refractivity contribution in [1.82, 2.24) is 20.2 Å². The largest absolute Gasteiger partial charge is 0.383 e. The summed E-state index contributed by atoms with van der Waals surface area (Å²) in [4.78, 5) is 23.8. The number of aryl methyl sites for hydroxylation is 1. The summed E-state index contributed by atoms with van der Waals surface area (Å²) in [6.07, 6.45) is 5.59. The molecular weight excluding hydrogens is 352 g/mol. The van der Waals surface area contributed by atoms with Crippen molar-refractivity contribution in [1.29, 1.82) is 0 Å². The van der Waals surface area contributed by atoms with E-state index in [1.54, 1.807) is 7.11 Å². The van der Waals surface area contributed by atoms with E-state index >= 15 is 0 Å². The predicted molar refractivity (Wildman–Crippen MR) is 110 cm³/mol. The lowest BCUT2D eigenvalue weighted by atomic mass is 9.95. The summed E-state index contributed by atoms with van der Waals surface area (Å²) in [5.74, 6) is 0.999. The molecule has 1 aliphatic heterocycles. The molecule has 2 aromatic rings. The zero-order valence-electron chi connectivity index (χ0n) is 17.0. The Morgan fingerprint density at radius 3 is 2.64 bits per heavy atom. The van der Waals surface area contributed by atoms with E-state index in [0.717, 1.165) is 49.4 Å². The first kappa shape index (κ1) is 20.4. The van der Waals surface area contributed by atoms with Crippen LogP contribution >= 0.6 is 0 Å². The molecule has 1 aromatic heterocycles. The number of aromatic nitrogens is 2. The normalized spacial score (nSPS) is 16.7. The van der Waals surface area contributed by atoms with Gasteiger partial charge in [-0.15, -0.1) is 0 Å². The van der Waals surface area contributed by atoms with Gasteiger partial charge in [-0.1, -0.05) is 23.8 Å². The summed E-state index contributed by atoms with van der Waals surface area (Å²) in [6, 6.07) is 8.28. The molecule has 0 saturated carbocycles. The molecule has 3 rings (SSSR count). The highest BCUT2D eigenvalue weighted by molar-refractivity contribution is 5.79. The van der Waals surface area contributed by atoms with Crippen LogP contribution in [-0.2, 0) is 16.1 Å². The molecule has 1 atom stereocenters. The number of nitrogens with one attached hydrogen (secondary N) is 1. The number of ether oxygens (including phenoxy) is 1. The minimum atomic E-state index is 0.0552. The molecule has 1 aromatic carbocycles. The van der Waals surface area contributed by atoms with Gasteiger partial charge in [0.15, 0.2) is 5.82 Å². The van der Waals surface area contributed by atoms with Gasteiger partial charge in [-0.05, 0) is 45.8 Å². The number of carbonyl (C=O) groups excluding carboxylic acids is 1. The van der Waals surface area contributed by atoms with Crippen LogP contribution in [0.4, 0.5) is 0 Å². The fourth-order valence-electron chi connectivity index (χ4n) is 3.63. The number of piperidine rings is 1. The number of rotatable bonds is 7. The zero-order chi connectivity index (χ0) is 19.9. The Hall–Kier alpha value is -2.31. The lowest BCUT2D eigenvalue weighted by molar-refractivity contribution is -0.127. The van der Waals surface area contributed by atoms with E-state index in [9.17, 15) is 4.79 Å². The Kier molecular flexibility index (Phi) is 7.12. The van der Waals surface area contributed by atoms with Crippen LogP contribution in [0.3, 0.4) is 0 Å². The Labute approximate surface area is 167 Å². The molecule has 1 aliphatic rings. The number of amides is 1. The zero-order valence-corrected chi connectivity index (χ0v) is 17.0. The van der Waals surface area contributed by atoms with Gasteiger partial charge in [-0.25, -0.2) is 9.97 Å². The molecule has 0 radical (unpaired) electrons. The number of hydrogen-bond donors (Lipinski definition) is 1. The molecule has 1 N–H and O–H groups in total. The quantitative estimate of drug-likeness (QED) is 0.798. The molecule has 1 amide bonds. The molecule has 6 heteroatoms. The summed E-state index contributed by atoms with van der Waals surface area (Å²) >= 11 is 0. The van der Waals surface area contributed by atoms with Gasteiger partial charge in [0, 0.05) is 49.1 Å². The van der Waals surface area contributed by atoms with Crippen LogP contribution < -0.4 is 5.32 Å². The van der Waals surface area contributed by atoms with Gasteiger partial charge in [0.2, 0.25) is 5.91 Å². The van der Waals surface area contributed by atoms with Gasteiger partial charge in [0.25, 0.3) is 0 Å². The van der Waals surface area contributed by atoms with Crippen molar-refractivity contribution in [2.45, 2.75) is 39.3 Å². The Morgan fingerprint density at radius 1 is 1.29 bits per heavy atom. The van der Waals surface area contributed by atoms with Crippen molar-refractivity contribution >= 4 is 5.91 Å². The van der Waals surface area contributed by atoms with E-state index in [4.69, 9.17) is 4.74 Å². The number of hydrogen-bond acceptors (Lipinski definition) is 5. The molecular formula is C22H30N4O2. The minimum Gasteiger partial charge on any atom is -0.383 e. The minimum absolute atomic E-state index is 0.0552. The van der Waals surface area contributed by atoms with E-state index in [2.05, 4.69) is 39.2 Å². The topological polar surface area (TPSA) is 67.3 Å². The third-order valence-electron chi connectivity index (χ3n) is 5.15. The first-order chi connectivity index (χ1) is 13.5. The molecule has 6 nitrogen and oxygen atoms in total. The van der Waals surface area contributed by atoms with E-state index in [0.29, 0.717) is 6.61 Å². The number of carbonyl (C=O) groups is 1. The smallest absolute Gasteiger partial charge is 0.223 e. The van der Waals surface area contributed by atoms with Gasteiger partial charge >= 0.3 is 0 Å². The summed E-state index contributed by atoms with van der Waals surface area (Å²) in [7, 11) is 1.65. The van der Waals surface area contributed by atoms with Gasteiger partial charge < -0.3 is 10.1 Å². The first-order valence-electron chi connectivity index (χ1n) is 9.95. The molecule has 0 unspecified atom stereocenters. The van der Waals surface area contributed by atoms with E-state index in [1.165, 1.54) is 5.56 Å². The van der Waals surface area contributed by atoms with E-state index in [-0.39, 0.29) is 17.9 Å². The Balaban J connectivity index is 1.49. The summed E-state index contributed by atoms with van der Waals surface area (Å²) < 4.78 is 5.08. The highest BCUT2D eigenvalue weighted by Gasteiger charge is 2.25. The monoisotopic (exact) mass is 382 g/mol. The van der Waals surface area contributed by atoms with Crippen LogP contribution in [0, 0.1) is 12.8 Å². The first-order valence-corrected chi connectivity index (χ1v) is 9.95. The molecule has 0 spiro atoms. The number of methoxy groups -OCH3 is 1. The summed E-state index contributed by atoms with van der Waals surface area (Å²) in [5, 5.41) is 3.04. The Morgan fingerprint density at radius 2 is 2.00 bits per heavy atom. The van der Waals surface area contributed by atoms with Crippen LogP contribution in [0.25, 0.3) is 11.4 Å². The molecule has 0 aliphatic carbocycles. The maximum atomic E-state index is 12.3. The van der Waals surface area contributed by atoms with Crippen LogP contribution in [0.15, 0.2) is 36.7 Å². The van der Waals surface area contributed by atoms with Crippen molar-refractivity contribution in [3.63, 3.8) is 0 Å². The van der Waals surface area contributed by atoms with E-state index in [1.807, 2.05) is 31.5 Å². The third-order valence-corrected chi connectivity index (χ3v) is 5.15. The van der Waals surface area contributed by atoms with Gasteiger partial charge in [-0.3, -0.25) is 9.69 Å². The van der Waals surface area contributed by atoms with E-state index < -0.39 is 0 Å². The van der Waals surface area contributed by atoms with Crippen molar-refractivity contribution < 1.29 is 9.53 Å². The summed E-state index contributed by atoms with van der Waals surface area (Å²) in [6.45, 7) is 7.23. The standard InChI is InChI=1S/C22H30N4O2/c1-16-5-4-6-20(11-16)21-23-12-18(13-24-21)14-26-9-7-19(8-10-26)22(27)25-17(2)15-28-3/h4-6,11-13,17,19H,7-10,14-15H2,1-3H3,(H,25,27)/t17-/m1/s1. The lowest BCUT2D eigenvalue weighted by Crippen LogP contribution is -2.44. The maximum Gasteiger partial charge on any atom is 0.223 e. The average Bonchev–Trinajstić information content (AvgIpc) is 2.69. The second kappa shape index (κ2) is 9.75. The number of nitrogens with zero attached hydrogens (tertiary/aromatic N) is 3. The highest BCUT2D eigenvalue weighted by atomic mass is 16.5. The van der Waals surface area contributed by atoms with Crippen LogP contribution in [0.5, 0.6) is 0 Å². The maximum absolute atomic E-state index is 12.3. The fraction of sp³-hybridized carbons (Fsp3) is 0.500. The highest BCUT2D eigenvalue weighted by Crippen LogP contribution is 2.20. The molecule has 1 saturated heterocycles. The van der Waals surface area contributed by atoms with Crippen molar-refractivity contribution in [3.05, 3.63) is 47.8 Å².